The average Bonchev–Trinajstić information content (AvgIpc) is 2.56. The normalized spacial score (nSPS) is 26.1. The molecule has 1 amide bonds. The predicted molar refractivity (Wildman–Crippen MR) is 92.5 cm³/mol. The highest BCUT2D eigenvalue weighted by molar-refractivity contribution is 5.95. The number of rotatable bonds is 3. The molecule has 0 radical (unpaired) electrons. The molecule has 2 unspecified atom stereocenters. The van der Waals surface area contributed by atoms with E-state index in [0.29, 0.717) is 0 Å². The molecule has 2 fully saturated rings. The molecule has 1 aromatic rings. The highest BCUT2D eigenvalue weighted by atomic mass is 16.3. The number of anilines is 2. The van der Waals surface area contributed by atoms with Crippen LogP contribution in [0.4, 0.5) is 11.4 Å². The van der Waals surface area contributed by atoms with Gasteiger partial charge in [-0.1, -0.05) is 18.6 Å². The van der Waals surface area contributed by atoms with Gasteiger partial charge >= 0.3 is 0 Å². The summed E-state index contributed by atoms with van der Waals surface area (Å²) in [6.07, 6.45) is 5.12. The predicted octanol–water partition coefficient (Wildman–Crippen LogP) is 2.10. The van der Waals surface area contributed by atoms with Gasteiger partial charge in [-0.15, -0.1) is 0 Å². The first-order chi connectivity index (χ1) is 11.1. The summed E-state index contributed by atoms with van der Waals surface area (Å²) in [4.78, 5) is 14.8. The van der Waals surface area contributed by atoms with E-state index in [1.54, 1.807) is 0 Å². The molecule has 2 atom stereocenters. The van der Waals surface area contributed by atoms with Gasteiger partial charge in [0.05, 0.1) is 17.5 Å². The van der Waals surface area contributed by atoms with E-state index in [1.165, 1.54) is 0 Å². The topological polar surface area (TPSA) is 78.6 Å². The number of carbonyl (C=O) groups excluding carboxylic acids is 1. The molecule has 0 bridgehead atoms. The number of carbonyl (C=O) groups is 1. The van der Waals surface area contributed by atoms with Crippen LogP contribution >= 0.6 is 0 Å². The van der Waals surface area contributed by atoms with Gasteiger partial charge < -0.3 is 21.1 Å². The SMILES string of the molecule is NC1CCCC(C(=O)Nc2ccccc2N2CCC(O)CC2)C1. The summed E-state index contributed by atoms with van der Waals surface area (Å²) < 4.78 is 0. The summed E-state index contributed by atoms with van der Waals surface area (Å²) in [5, 5.41) is 12.8. The fourth-order valence-corrected chi connectivity index (χ4v) is 3.66. The number of hydrogen-bond acceptors (Lipinski definition) is 4. The molecule has 5 nitrogen and oxygen atoms in total. The third-order valence-electron chi connectivity index (χ3n) is 5.05. The monoisotopic (exact) mass is 317 g/mol. The van der Waals surface area contributed by atoms with Crippen molar-refractivity contribution in [1.82, 2.24) is 0 Å². The third kappa shape index (κ3) is 4.03. The lowest BCUT2D eigenvalue weighted by molar-refractivity contribution is -0.120. The Morgan fingerprint density at radius 2 is 1.91 bits per heavy atom. The molecule has 2 aliphatic rings. The number of nitrogens with zero attached hydrogens (tertiary/aromatic N) is 1. The van der Waals surface area contributed by atoms with E-state index in [4.69, 9.17) is 5.73 Å². The number of piperidine rings is 1. The number of nitrogens with two attached hydrogens (primary N) is 1. The Balaban J connectivity index is 1.69. The van der Waals surface area contributed by atoms with Crippen LogP contribution < -0.4 is 16.0 Å². The quantitative estimate of drug-likeness (QED) is 0.798. The molecule has 0 aromatic heterocycles. The number of nitrogens with one attached hydrogen (secondary N) is 1. The molecule has 1 heterocycles. The zero-order valence-corrected chi connectivity index (χ0v) is 13.6. The van der Waals surface area contributed by atoms with Crippen molar-refractivity contribution in [3.8, 4) is 0 Å². The fourth-order valence-electron chi connectivity index (χ4n) is 3.66. The Morgan fingerprint density at radius 3 is 2.65 bits per heavy atom. The second-order valence-corrected chi connectivity index (χ2v) is 6.85. The standard InChI is InChI=1S/C18H27N3O2/c19-14-5-3-4-13(12-14)18(23)20-16-6-1-2-7-17(16)21-10-8-15(22)9-11-21/h1-2,6-7,13-15,22H,3-5,8-12,19H2,(H,20,23). The summed E-state index contributed by atoms with van der Waals surface area (Å²) in [6.45, 7) is 1.64. The number of para-hydroxylation sites is 2. The first-order valence-electron chi connectivity index (χ1n) is 8.72. The summed E-state index contributed by atoms with van der Waals surface area (Å²) >= 11 is 0. The Hall–Kier alpha value is -1.59. The van der Waals surface area contributed by atoms with E-state index in [0.717, 1.165) is 63.0 Å². The molecule has 1 saturated carbocycles. The molecular weight excluding hydrogens is 290 g/mol. The van der Waals surface area contributed by atoms with Crippen LogP contribution in [0.5, 0.6) is 0 Å². The van der Waals surface area contributed by atoms with Crippen LogP contribution in [0.1, 0.15) is 38.5 Å². The van der Waals surface area contributed by atoms with Gasteiger partial charge in [-0.3, -0.25) is 4.79 Å². The first-order valence-corrected chi connectivity index (χ1v) is 8.72. The molecule has 23 heavy (non-hydrogen) atoms. The van der Waals surface area contributed by atoms with E-state index in [2.05, 4.69) is 10.2 Å². The lowest BCUT2D eigenvalue weighted by Crippen LogP contribution is -2.37. The van der Waals surface area contributed by atoms with Crippen LogP contribution in [0.2, 0.25) is 0 Å². The Kier molecular flexibility index (Phi) is 5.18. The highest BCUT2D eigenvalue weighted by Crippen LogP contribution is 2.30. The van der Waals surface area contributed by atoms with E-state index in [-0.39, 0.29) is 24.0 Å². The largest absolute Gasteiger partial charge is 0.393 e. The van der Waals surface area contributed by atoms with Crippen molar-refractivity contribution in [2.75, 3.05) is 23.3 Å². The van der Waals surface area contributed by atoms with Gasteiger partial charge in [0.2, 0.25) is 5.91 Å². The minimum absolute atomic E-state index is 0.0231. The van der Waals surface area contributed by atoms with Gasteiger partial charge in [-0.05, 0) is 44.2 Å². The first kappa shape index (κ1) is 16.3. The second kappa shape index (κ2) is 7.32. The van der Waals surface area contributed by atoms with Crippen LogP contribution in [-0.2, 0) is 4.79 Å². The van der Waals surface area contributed by atoms with E-state index in [1.807, 2.05) is 24.3 Å². The fraction of sp³-hybridized carbons (Fsp3) is 0.611. The molecule has 4 N–H and O–H groups in total. The van der Waals surface area contributed by atoms with E-state index in [9.17, 15) is 9.90 Å². The Bertz CT molecular complexity index is 541. The summed E-state index contributed by atoms with van der Waals surface area (Å²) in [5.41, 5.74) is 7.92. The maximum atomic E-state index is 12.6. The van der Waals surface area contributed by atoms with Crippen molar-refractivity contribution in [3.63, 3.8) is 0 Å². The van der Waals surface area contributed by atoms with E-state index < -0.39 is 0 Å². The average molecular weight is 317 g/mol. The number of aliphatic hydroxyl groups excluding tert-OH is 1. The molecule has 0 spiro atoms. The molecule has 1 aliphatic heterocycles. The molecule has 126 valence electrons. The molecule has 1 saturated heterocycles. The van der Waals surface area contributed by atoms with Gasteiger partial charge in [0.1, 0.15) is 0 Å². The van der Waals surface area contributed by atoms with Crippen molar-refractivity contribution >= 4 is 17.3 Å². The summed E-state index contributed by atoms with van der Waals surface area (Å²) in [5.74, 6) is 0.111. The number of aliphatic hydroxyl groups is 1. The van der Waals surface area contributed by atoms with Crippen LogP contribution in [0.15, 0.2) is 24.3 Å². The van der Waals surface area contributed by atoms with Crippen LogP contribution in [0.25, 0.3) is 0 Å². The van der Waals surface area contributed by atoms with Crippen molar-refractivity contribution in [2.45, 2.75) is 50.7 Å². The zero-order valence-electron chi connectivity index (χ0n) is 13.6. The number of amides is 1. The minimum Gasteiger partial charge on any atom is -0.393 e. The molecule has 1 aromatic carbocycles. The van der Waals surface area contributed by atoms with Gasteiger partial charge in [0.25, 0.3) is 0 Å². The van der Waals surface area contributed by atoms with Crippen LogP contribution in [0.3, 0.4) is 0 Å². The molecular formula is C18H27N3O2. The van der Waals surface area contributed by atoms with Crippen molar-refractivity contribution in [1.29, 1.82) is 0 Å². The minimum atomic E-state index is -0.197. The van der Waals surface area contributed by atoms with Gasteiger partial charge in [0, 0.05) is 25.0 Å². The van der Waals surface area contributed by atoms with E-state index >= 15 is 0 Å². The summed E-state index contributed by atoms with van der Waals surface area (Å²) in [7, 11) is 0. The second-order valence-electron chi connectivity index (χ2n) is 6.85. The smallest absolute Gasteiger partial charge is 0.227 e. The number of hydrogen-bond donors (Lipinski definition) is 3. The van der Waals surface area contributed by atoms with Gasteiger partial charge in [0.15, 0.2) is 0 Å². The van der Waals surface area contributed by atoms with Crippen molar-refractivity contribution in [3.05, 3.63) is 24.3 Å². The highest BCUT2D eigenvalue weighted by Gasteiger charge is 2.26. The summed E-state index contributed by atoms with van der Waals surface area (Å²) in [6, 6.07) is 8.09. The zero-order chi connectivity index (χ0) is 16.2. The lowest BCUT2D eigenvalue weighted by atomic mass is 9.85. The maximum Gasteiger partial charge on any atom is 0.227 e. The van der Waals surface area contributed by atoms with Crippen molar-refractivity contribution in [2.24, 2.45) is 11.7 Å². The molecule has 1 aliphatic carbocycles. The third-order valence-corrected chi connectivity index (χ3v) is 5.05. The molecule has 5 heteroatoms. The molecule has 3 rings (SSSR count). The Morgan fingerprint density at radius 1 is 1.17 bits per heavy atom. The van der Waals surface area contributed by atoms with Gasteiger partial charge in [-0.25, -0.2) is 0 Å². The van der Waals surface area contributed by atoms with Crippen molar-refractivity contribution < 1.29 is 9.90 Å². The Labute approximate surface area is 137 Å². The number of benzene rings is 1. The van der Waals surface area contributed by atoms with Gasteiger partial charge in [-0.2, -0.15) is 0 Å². The lowest BCUT2D eigenvalue weighted by Gasteiger charge is -2.33. The van der Waals surface area contributed by atoms with Crippen LogP contribution in [-0.4, -0.2) is 36.2 Å². The maximum absolute atomic E-state index is 12.6. The van der Waals surface area contributed by atoms with Crippen LogP contribution in [0, 0.1) is 5.92 Å².